The Balaban J connectivity index is 2.10. The van der Waals surface area contributed by atoms with Crippen LogP contribution in [0, 0.1) is 0 Å². The Labute approximate surface area is 161 Å². The summed E-state index contributed by atoms with van der Waals surface area (Å²) in [6.07, 6.45) is 1.78. The monoisotopic (exact) mass is 386 g/mol. The third-order valence-electron chi connectivity index (χ3n) is 4.19. The van der Waals surface area contributed by atoms with Crippen molar-refractivity contribution in [2.45, 2.75) is 13.5 Å². The Morgan fingerprint density at radius 1 is 1.19 bits per heavy atom. The number of ether oxygens (including phenoxy) is 2. The molecular weight excluding hydrogens is 368 g/mol. The van der Waals surface area contributed by atoms with E-state index in [0.29, 0.717) is 34.4 Å². The van der Waals surface area contributed by atoms with Gasteiger partial charge in [-0.3, -0.25) is 0 Å². The molecule has 7 heteroatoms. The Morgan fingerprint density at radius 3 is 2.41 bits per heavy atom. The van der Waals surface area contributed by atoms with Crippen LogP contribution in [0.3, 0.4) is 0 Å². The zero-order valence-corrected chi connectivity index (χ0v) is 15.9. The Hall–Kier alpha value is -2.99. The highest BCUT2D eigenvalue weighted by Gasteiger charge is 2.15. The summed E-state index contributed by atoms with van der Waals surface area (Å²) < 4.78 is 12.5. The van der Waals surface area contributed by atoms with Crippen molar-refractivity contribution in [2.75, 3.05) is 14.2 Å². The van der Waals surface area contributed by atoms with Crippen LogP contribution >= 0.6 is 11.6 Å². The highest BCUT2D eigenvalue weighted by Crippen LogP contribution is 2.29. The first-order valence-electron chi connectivity index (χ1n) is 8.31. The molecule has 1 N–H and O–H groups in total. The lowest BCUT2D eigenvalue weighted by Gasteiger charge is -2.08. The molecule has 0 atom stereocenters. The fraction of sp³-hybridized carbons (Fsp3) is 0.200. The van der Waals surface area contributed by atoms with Gasteiger partial charge in [-0.1, -0.05) is 11.6 Å². The number of carboxylic acids is 1. The Morgan fingerprint density at radius 2 is 1.85 bits per heavy atom. The van der Waals surface area contributed by atoms with Gasteiger partial charge in [-0.2, -0.15) is 0 Å². The Bertz CT molecular complexity index is 1020. The fourth-order valence-electron chi connectivity index (χ4n) is 2.89. The lowest BCUT2D eigenvalue weighted by molar-refractivity contribution is 0.0697. The summed E-state index contributed by atoms with van der Waals surface area (Å²) in [7, 11) is 3.17. The largest absolute Gasteiger partial charge is 0.497 e. The van der Waals surface area contributed by atoms with E-state index in [1.54, 1.807) is 44.6 Å². The zero-order valence-electron chi connectivity index (χ0n) is 15.2. The predicted molar refractivity (Wildman–Crippen MR) is 106 cm³/mol. The van der Waals surface area contributed by atoms with Crippen molar-refractivity contribution >= 4 is 39.7 Å². The van der Waals surface area contributed by atoms with Gasteiger partial charge in [0.2, 0.25) is 0 Å². The van der Waals surface area contributed by atoms with E-state index in [1.807, 2.05) is 23.6 Å². The molecule has 0 aliphatic heterocycles. The molecule has 0 fully saturated rings. The van der Waals surface area contributed by atoms with Crippen LogP contribution in [-0.2, 0) is 6.54 Å². The topological polar surface area (TPSA) is 73.6 Å². The number of nitrogens with zero attached hydrogens (tertiary/aromatic N) is 2. The van der Waals surface area contributed by atoms with Gasteiger partial charge in [0.1, 0.15) is 11.5 Å². The predicted octanol–water partition coefficient (Wildman–Crippen LogP) is 4.51. The fourth-order valence-corrected chi connectivity index (χ4v) is 3.16. The smallest absolute Gasteiger partial charge is 0.335 e. The Kier molecular flexibility index (Phi) is 5.37. The van der Waals surface area contributed by atoms with Crippen LogP contribution in [0.25, 0.3) is 22.1 Å². The molecule has 3 aromatic rings. The van der Waals surface area contributed by atoms with Gasteiger partial charge in [0.05, 0.1) is 35.8 Å². The third-order valence-corrected chi connectivity index (χ3v) is 4.47. The van der Waals surface area contributed by atoms with Crippen molar-refractivity contribution in [1.29, 1.82) is 0 Å². The van der Waals surface area contributed by atoms with Crippen LogP contribution in [0.4, 0.5) is 0 Å². The molecule has 2 aromatic carbocycles. The summed E-state index contributed by atoms with van der Waals surface area (Å²) >= 11 is 6.57. The van der Waals surface area contributed by atoms with Gasteiger partial charge < -0.3 is 19.1 Å². The average molecular weight is 387 g/mol. The molecule has 0 saturated carbocycles. The number of aryl methyl sites for hydroxylation is 1. The summed E-state index contributed by atoms with van der Waals surface area (Å²) in [6, 6.07) is 10.3. The zero-order chi connectivity index (χ0) is 19.6. The van der Waals surface area contributed by atoms with Crippen molar-refractivity contribution in [3.05, 3.63) is 53.3 Å². The molecule has 0 unspecified atom stereocenters. The van der Waals surface area contributed by atoms with Crippen molar-refractivity contribution < 1.29 is 19.4 Å². The molecule has 6 nitrogen and oxygen atoms in total. The molecule has 0 amide bonds. The third kappa shape index (κ3) is 3.75. The first-order chi connectivity index (χ1) is 13.0. The molecule has 1 heterocycles. The number of carboxylic acid groups (broad SMARTS) is 1. The van der Waals surface area contributed by atoms with Gasteiger partial charge in [0, 0.05) is 12.6 Å². The number of halogens is 1. The molecule has 0 spiro atoms. The molecule has 0 aliphatic carbocycles. The van der Waals surface area contributed by atoms with Gasteiger partial charge in [0.25, 0.3) is 0 Å². The molecule has 0 aliphatic rings. The van der Waals surface area contributed by atoms with Gasteiger partial charge >= 0.3 is 5.97 Å². The number of fused-ring (bicyclic) bond motifs is 1. The van der Waals surface area contributed by atoms with Gasteiger partial charge in [-0.05, 0) is 48.9 Å². The lowest BCUT2D eigenvalue weighted by atomic mass is 10.2. The van der Waals surface area contributed by atoms with Crippen molar-refractivity contribution in [2.24, 2.45) is 0 Å². The maximum Gasteiger partial charge on any atom is 0.335 e. The van der Waals surface area contributed by atoms with E-state index >= 15 is 0 Å². The molecule has 1 aromatic heterocycles. The lowest BCUT2D eigenvalue weighted by Crippen LogP contribution is -1.99. The van der Waals surface area contributed by atoms with Crippen molar-refractivity contribution in [1.82, 2.24) is 9.55 Å². The summed E-state index contributed by atoms with van der Waals surface area (Å²) in [5, 5.41) is 9.62. The molecule has 3 rings (SSSR count). The second-order valence-electron chi connectivity index (χ2n) is 5.83. The van der Waals surface area contributed by atoms with Crippen molar-refractivity contribution in [3.8, 4) is 11.5 Å². The van der Waals surface area contributed by atoms with E-state index < -0.39 is 5.97 Å². The van der Waals surface area contributed by atoms with E-state index in [9.17, 15) is 9.90 Å². The minimum atomic E-state index is -0.991. The van der Waals surface area contributed by atoms with E-state index in [-0.39, 0.29) is 5.56 Å². The SMILES string of the molecule is CCn1c(/C(Cl)=C/c2cc(OC)cc(OC)c2)nc2cc(C(=O)O)ccc21. The van der Waals surface area contributed by atoms with Crippen LogP contribution in [0.2, 0.25) is 0 Å². The average Bonchev–Trinajstić information content (AvgIpc) is 3.05. The number of hydrogen-bond donors (Lipinski definition) is 1. The summed E-state index contributed by atoms with van der Waals surface area (Å²) in [5.74, 6) is 0.883. The molecule has 0 saturated heterocycles. The molecule has 27 heavy (non-hydrogen) atoms. The highest BCUT2D eigenvalue weighted by molar-refractivity contribution is 6.51. The molecule has 140 valence electrons. The minimum absolute atomic E-state index is 0.187. The second-order valence-corrected chi connectivity index (χ2v) is 6.23. The quantitative estimate of drug-likeness (QED) is 0.674. The van der Waals surface area contributed by atoms with Crippen molar-refractivity contribution in [3.63, 3.8) is 0 Å². The summed E-state index contributed by atoms with van der Waals surface area (Å²) in [4.78, 5) is 15.8. The molecule has 0 bridgehead atoms. The molecular formula is C20H19ClN2O4. The highest BCUT2D eigenvalue weighted by atomic mass is 35.5. The van der Waals surface area contributed by atoms with E-state index in [4.69, 9.17) is 21.1 Å². The van der Waals surface area contributed by atoms with Crippen LogP contribution in [-0.4, -0.2) is 34.8 Å². The maximum absolute atomic E-state index is 11.2. The number of imidazole rings is 1. The van der Waals surface area contributed by atoms with Crippen LogP contribution in [0.15, 0.2) is 36.4 Å². The first kappa shape index (κ1) is 18.8. The van der Waals surface area contributed by atoms with E-state index in [2.05, 4.69) is 4.98 Å². The number of benzene rings is 2. The van der Waals surface area contributed by atoms with Gasteiger partial charge in [-0.25, -0.2) is 9.78 Å². The van der Waals surface area contributed by atoms with Crippen LogP contribution in [0.1, 0.15) is 28.7 Å². The normalized spacial score (nSPS) is 11.6. The van der Waals surface area contributed by atoms with Gasteiger partial charge in [-0.15, -0.1) is 0 Å². The first-order valence-corrected chi connectivity index (χ1v) is 8.68. The minimum Gasteiger partial charge on any atom is -0.497 e. The number of aromatic carboxylic acids is 1. The number of aromatic nitrogens is 2. The van der Waals surface area contributed by atoms with E-state index in [1.165, 1.54) is 0 Å². The number of methoxy groups -OCH3 is 2. The number of hydrogen-bond acceptors (Lipinski definition) is 4. The van der Waals surface area contributed by atoms with Gasteiger partial charge in [0.15, 0.2) is 5.82 Å². The van der Waals surface area contributed by atoms with Crippen LogP contribution < -0.4 is 9.47 Å². The maximum atomic E-state index is 11.2. The van der Waals surface area contributed by atoms with E-state index in [0.717, 1.165) is 11.1 Å². The second kappa shape index (κ2) is 7.72. The number of rotatable bonds is 6. The number of carbonyl (C=O) groups is 1. The van der Waals surface area contributed by atoms with Crippen LogP contribution in [0.5, 0.6) is 11.5 Å². The summed E-state index contributed by atoms with van der Waals surface area (Å²) in [5.41, 5.74) is 2.40. The molecule has 0 radical (unpaired) electrons. The standard InChI is InChI=1S/C20H19ClN2O4/c1-4-23-18-6-5-13(20(24)25)10-17(18)22-19(23)16(21)9-12-7-14(26-2)11-15(8-12)27-3/h5-11H,4H2,1-3H3,(H,24,25)/b16-9-. The summed E-state index contributed by atoms with van der Waals surface area (Å²) in [6.45, 7) is 2.62.